The molecule has 186 valence electrons. The molecule has 0 heterocycles. The second-order valence-electron chi connectivity index (χ2n) is 8.40. The van der Waals surface area contributed by atoms with Gasteiger partial charge in [0.15, 0.2) is 0 Å². The predicted octanol–water partition coefficient (Wildman–Crippen LogP) is 9.67. The van der Waals surface area contributed by atoms with E-state index in [-0.39, 0.29) is 34.4 Å². The van der Waals surface area contributed by atoms with Crippen molar-refractivity contribution >= 4 is 6.08 Å². The van der Waals surface area contributed by atoms with Crippen molar-refractivity contribution in [2.75, 3.05) is 0 Å². The van der Waals surface area contributed by atoms with E-state index in [1.54, 1.807) is 12.1 Å². The van der Waals surface area contributed by atoms with Crippen molar-refractivity contribution in [1.29, 1.82) is 0 Å². The van der Waals surface area contributed by atoms with Crippen LogP contribution in [0.3, 0.4) is 0 Å². The van der Waals surface area contributed by atoms with E-state index < -0.39 is 35.0 Å². The summed E-state index contributed by atoms with van der Waals surface area (Å²) < 4.78 is 95.0. The number of hydrogen-bond acceptors (Lipinski definition) is 0. The van der Waals surface area contributed by atoms with Gasteiger partial charge in [-0.05, 0) is 59.9 Å². The van der Waals surface area contributed by atoms with Gasteiger partial charge >= 0.3 is 6.18 Å². The Morgan fingerprint density at radius 2 is 1.23 bits per heavy atom. The largest absolute Gasteiger partial charge is 0.409 e. The number of aryl methyl sites for hydroxylation is 1. The number of alkyl halides is 3. The van der Waals surface area contributed by atoms with Crippen molar-refractivity contribution in [3.63, 3.8) is 0 Å². The third kappa shape index (κ3) is 7.20. The molecule has 3 rings (SSSR count). The molecule has 0 radical (unpaired) electrons. The number of halogens is 7. The molecule has 0 aliphatic carbocycles. The summed E-state index contributed by atoms with van der Waals surface area (Å²) >= 11 is 0. The second kappa shape index (κ2) is 11.6. The van der Waals surface area contributed by atoms with Gasteiger partial charge in [-0.25, -0.2) is 17.6 Å². The summed E-state index contributed by atoms with van der Waals surface area (Å²) in [6, 6.07) is 10.1. The highest BCUT2D eigenvalue weighted by molar-refractivity contribution is 5.72. The van der Waals surface area contributed by atoms with Gasteiger partial charge in [-0.2, -0.15) is 13.2 Å². The van der Waals surface area contributed by atoms with E-state index in [0.29, 0.717) is 0 Å². The van der Waals surface area contributed by atoms with E-state index >= 15 is 0 Å². The fraction of sp³-hybridized carbons (Fsp3) is 0.286. The van der Waals surface area contributed by atoms with Gasteiger partial charge in [0.25, 0.3) is 0 Å². The van der Waals surface area contributed by atoms with Crippen molar-refractivity contribution in [1.82, 2.24) is 0 Å². The van der Waals surface area contributed by atoms with Crippen LogP contribution in [-0.4, -0.2) is 6.18 Å². The lowest BCUT2D eigenvalue weighted by Gasteiger charge is -2.11. The average Bonchev–Trinajstić information content (AvgIpc) is 2.77. The van der Waals surface area contributed by atoms with Gasteiger partial charge in [0, 0.05) is 22.8 Å². The van der Waals surface area contributed by atoms with Crippen LogP contribution in [0.15, 0.2) is 54.6 Å². The summed E-state index contributed by atoms with van der Waals surface area (Å²) in [7, 11) is 0. The number of hydrogen-bond donors (Lipinski definition) is 0. The van der Waals surface area contributed by atoms with Crippen molar-refractivity contribution in [3.8, 4) is 22.3 Å². The smallest absolute Gasteiger partial charge is 0.206 e. The van der Waals surface area contributed by atoms with E-state index in [2.05, 4.69) is 6.92 Å². The molecule has 35 heavy (non-hydrogen) atoms. The Balaban J connectivity index is 1.81. The number of rotatable bonds is 9. The highest BCUT2D eigenvalue weighted by atomic mass is 19.4. The summed E-state index contributed by atoms with van der Waals surface area (Å²) in [6.07, 6.45) is 1.51. The summed E-state index contributed by atoms with van der Waals surface area (Å²) in [5, 5.41) is 0. The quantitative estimate of drug-likeness (QED) is 0.205. The zero-order valence-electron chi connectivity index (χ0n) is 19.2. The fourth-order valence-corrected chi connectivity index (χ4v) is 3.87. The molecule has 0 N–H and O–H groups in total. The average molecular weight is 494 g/mol. The zero-order valence-corrected chi connectivity index (χ0v) is 19.2. The molecule has 0 nitrogen and oxygen atoms in total. The molecule has 0 unspecified atom stereocenters. The fourth-order valence-electron chi connectivity index (χ4n) is 3.87. The molecule has 0 amide bonds. The van der Waals surface area contributed by atoms with Crippen molar-refractivity contribution in [2.45, 2.75) is 51.6 Å². The lowest BCUT2D eigenvalue weighted by atomic mass is 9.96. The van der Waals surface area contributed by atoms with Crippen LogP contribution in [0.4, 0.5) is 30.7 Å². The zero-order chi connectivity index (χ0) is 25.6. The Bertz CT molecular complexity index is 1170. The first kappa shape index (κ1) is 26.5. The number of unbranched alkanes of at least 4 members (excludes halogenated alkanes) is 4. The molecule has 0 bridgehead atoms. The van der Waals surface area contributed by atoms with Gasteiger partial charge in [0.1, 0.15) is 23.3 Å². The minimum atomic E-state index is -4.73. The molecule has 0 fully saturated rings. The standard InChI is InChI=1S/C28H25F7/c1-2-3-4-5-6-7-18-8-10-21(24(29)14-18)19-9-11-22(25(30)15-19)20-16-26(31)23(27(32)17-20)12-13-28(33,34)35/h8-17H,2-7H2,1H3/b13-12+. The maximum Gasteiger partial charge on any atom is 0.409 e. The van der Waals surface area contributed by atoms with Crippen molar-refractivity contribution < 1.29 is 30.7 Å². The first-order valence-electron chi connectivity index (χ1n) is 11.4. The maximum atomic E-state index is 14.8. The van der Waals surface area contributed by atoms with E-state index in [1.165, 1.54) is 24.6 Å². The third-order valence-corrected chi connectivity index (χ3v) is 5.71. The van der Waals surface area contributed by atoms with Crippen LogP contribution in [0, 0.1) is 23.3 Å². The van der Waals surface area contributed by atoms with E-state index in [9.17, 15) is 30.7 Å². The van der Waals surface area contributed by atoms with Crippen LogP contribution in [0.2, 0.25) is 0 Å². The summed E-state index contributed by atoms with van der Waals surface area (Å²) in [6.45, 7) is 2.14. The van der Waals surface area contributed by atoms with Crippen LogP contribution < -0.4 is 0 Å². The minimum Gasteiger partial charge on any atom is -0.206 e. The van der Waals surface area contributed by atoms with E-state index in [0.717, 1.165) is 55.9 Å². The summed E-state index contributed by atoms with van der Waals surface area (Å²) in [5.74, 6) is -3.87. The third-order valence-electron chi connectivity index (χ3n) is 5.71. The topological polar surface area (TPSA) is 0 Å². The minimum absolute atomic E-state index is 0.165. The molecule has 7 heteroatoms. The normalized spacial score (nSPS) is 12.0. The van der Waals surface area contributed by atoms with Crippen LogP contribution in [0.1, 0.15) is 50.2 Å². The second-order valence-corrected chi connectivity index (χ2v) is 8.40. The molecule has 0 saturated heterocycles. The van der Waals surface area contributed by atoms with Gasteiger partial charge in [-0.1, -0.05) is 56.9 Å². The maximum absolute atomic E-state index is 14.8. The van der Waals surface area contributed by atoms with Crippen molar-refractivity contribution in [3.05, 3.63) is 89.0 Å². The Labute approximate surface area is 200 Å². The lowest BCUT2D eigenvalue weighted by Crippen LogP contribution is -2.01. The van der Waals surface area contributed by atoms with Crippen LogP contribution in [-0.2, 0) is 6.42 Å². The molecule has 0 aromatic heterocycles. The van der Waals surface area contributed by atoms with E-state index in [1.807, 2.05) is 0 Å². The van der Waals surface area contributed by atoms with Crippen LogP contribution in [0.25, 0.3) is 28.3 Å². The molecule has 0 aliphatic heterocycles. The molecule has 0 saturated carbocycles. The lowest BCUT2D eigenvalue weighted by molar-refractivity contribution is -0.0790. The Morgan fingerprint density at radius 3 is 1.83 bits per heavy atom. The first-order chi connectivity index (χ1) is 16.6. The number of benzene rings is 3. The summed E-state index contributed by atoms with van der Waals surface area (Å²) in [5.41, 5.74) is 0.0642. The van der Waals surface area contributed by atoms with Gasteiger partial charge in [0.05, 0.1) is 0 Å². The van der Waals surface area contributed by atoms with Gasteiger partial charge in [-0.15, -0.1) is 0 Å². The molecule has 3 aromatic rings. The molecular weight excluding hydrogens is 469 g/mol. The van der Waals surface area contributed by atoms with E-state index in [4.69, 9.17) is 0 Å². The first-order valence-corrected chi connectivity index (χ1v) is 11.4. The van der Waals surface area contributed by atoms with Gasteiger partial charge in [-0.3, -0.25) is 0 Å². The van der Waals surface area contributed by atoms with Crippen LogP contribution in [0.5, 0.6) is 0 Å². The van der Waals surface area contributed by atoms with Gasteiger partial charge in [0.2, 0.25) is 0 Å². The highest BCUT2D eigenvalue weighted by Crippen LogP contribution is 2.32. The van der Waals surface area contributed by atoms with Crippen LogP contribution >= 0.6 is 0 Å². The molecule has 0 aliphatic rings. The Hall–Kier alpha value is -3.09. The highest BCUT2D eigenvalue weighted by Gasteiger charge is 2.23. The Kier molecular flexibility index (Phi) is 8.76. The van der Waals surface area contributed by atoms with Gasteiger partial charge < -0.3 is 0 Å². The van der Waals surface area contributed by atoms with Crippen molar-refractivity contribution in [2.24, 2.45) is 0 Å². The molecular formula is C28H25F7. The predicted molar refractivity (Wildman–Crippen MR) is 125 cm³/mol. The SMILES string of the molecule is CCCCCCCc1ccc(-c2ccc(-c3cc(F)c(/C=C/C(F)(F)F)c(F)c3)c(F)c2)c(F)c1. The molecule has 0 atom stereocenters. The molecule has 0 spiro atoms. The monoisotopic (exact) mass is 494 g/mol. The Morgan fingerprint density at radius 1 is 0.657 bits per heavy atom. The molecule has 3 aromatic carbocycles. The number of allylic oxidation sites excluding steroid dienone is 1. The summed E-state index contributed by atoms with van der Waals surface area (Å²) in [4.78, 5) is 0.